The lowest BCUT2D eigenvalue weighted by Gasteiger charge is -2.12. The summed E-state index contributed by atoms with van der Waals surface area (Å²) in [6, 6.07) is 38.1. The molecular weight excluding hydrogens is 716 g/mol. The van der Waals surface area contributed by atoms with E-state index >= 15 is 0 Å². The van der Waals surface area contributed by atoms with E-state index < -0.39 is 11.7 Å². The molecule has 0 aliphatic carbocycles. The molecule has 0 fully saturated rings. The number of rotatable bonds is 5. The van der Waals surface area contributed by atoms with Crippen molar-refractivity contribution in [2.45, 2.75) is 126 Å². The highest BCUT2D eigenvalue weighted by molar-refractivity contribution is 6.31. The lowest BCUT2D eigenvalue weighted by atomic mass is 10.0. The molecule has 0 saturated heterocycles. The van der Waals surface area contributed by atoms with Crippen LogP contribution in [0.5, 0.6) is 0 Å². The van der Waals surface area contributed by atoms with Crippen molar-refractivity contribution in [1.82, 2.24) is 0 Å². The van der Waals surface area contributed by atoms with Gasteiger partial charge in [0.1, 0.15) is 0 Å². The SMILES string of the molecule is CC(C)c1ccc(Cl)c(C(F)(F)F)c1.CC(C)c1ccccc1.Cc1ccc(C(C)C)cc1.Cc1ccc(C(C)C)cc1Cl.Cc1cccc(C(C)C)c1. The first-order valence-corrected chi connectivity index (χ1v) is 19.7. The van der Waals surface area contributed by atoms with Gasteiger partial charge < -0.3 is 0 Å². The number of aryl methyl sites for hydroxylation is 3. The van der Waals surface area contributed by atoms with Gasteiger partial charge in [0.15, 0.2) is 0 Å². The molecule has 5 aromatic rings. The molecule has 0 saturated carbocycles. The monoisotopic (exact) mass is 778 g/mol. The molecule has 5 aromatic carbocycles. The van der Waals surface area contributed by atoms with E-state index in [1.165, 1.54) is 39.4 Å². The Hall–Kier alpha value is -3.53. The summed E-state index contributed by atoms with van der Waals surface area (Å²) in [4.78, 5) is 0. The van der Waals surface area contributed by atoms with Crippen LogP contribution < -0.4 is 0 Å². The van der Waals surface area contributed by atoms with Gasteiger partial charge in [-0.25, -0.2) is 0 Å². The van der Waals surface area contributed by atoms with Gasteiger partial charge in [-0.3, -0.25) is 0 Å². The van der Waals surface area contributed by atoms with Crippen LogP contribution in [-0.4, -0.2) is 0 Å². The zero-order chi connectivity index (χ0) is 41.2. The van der Waals surface area contributed by atoms with Crippen molar-refractivity contribution in [2.24, 2.45) is 0 Å². The van der Waals surface area contributed by atoms with E-state index in [9.17, 15) is 13.2 Å². The normalized spacial score (nSPS) is 10.9. The van der Waals surface area contributed by atoms with Crippen molar-refractivity contribution in [3.8, 4) is 0 Å². The molecule has 54 heavy (non-hydrogen) atoms. The average molecular weight is 780 g/mol. The second-order valence-electron chi connectivity index (χ2n) is 15.3. The van der Waals surface area contributed by atoms with Crippen LogP contribution in [0.15, 0.2) is 115 Å². The smallest absolute Gasteiger partial charge is 0.166 e. The van der Waals surface area contributed by atoms with Crippen molar-refractivity contribution < 1.29 is 13.2 Å². The third-order valence-corrected chi connectivity index (χ3v) is 9.48. The van der Waals surface area contributed by atoms with E-state index in [0.717, 1.165) is 16.7 Å². The summed E-state index contributed by atoms with van der Waals surface area (Å²) in [5, 5.41) is 0.623. The predicted molar refractivity (Wildman–Crippen MR) is 232 cm³/mol. The fourth-order valence-electron chi connectivity index (χ4n) is 4.91. The van der Waals surface area contributed by atoms with Crippen LogP contribution in [0.2, 0.25) is 10.0 Å². The Bertz CT molecular complexity index is 1770. The van der Waals surface area contributed by atoms with Gasteiger partial charge >= 0.3 is 6.18 Å². The van der Waals surface area contributed by atoms with Crippen molar-refractivity contribution in [2.75, 3.05) is 0 Å². The van der Waals surface area contributed by atoms with Crippen LogP contribution in [0.4, 0.5) is 13.2 Å². The van der Waals surface area contributed by atoms with Crippen LogP contribution in [0.25, 0.3) is 0 Å². The number of hydrogen-bond donors (Lipinski definition) is 0. The van der Waals surface area contributed by atoms with Crippen LogP contribution in [0.3, 0.4) is 0 Å². The summed E-state index contributed by atoms with van der Waals surface area (Å²) in [6.45, 7) is 27.5. The first-order chi connectivity index (χ1) is 25.1. The molecule has 0 N–H and O–H groups in total. The fraction of sp³-hybridized carbons (Fsp3) is 0.388. The van der Waals surface area contributed by atoms with E-state index in [1.807, 2.05) is 32.9 Å². The molecule has 0 radical (unpaired) electrons. The van der Waals surface area contributed by atoms with Gasteiger partial charge in [-0.2, -0.15) is 13.2 Å². The standard InChI is InChI=1S/C10H10ClF3.C10H13Cl.2C10H14.C9H12/c1-6(2)7-3-4-9(11)8(5-7)10(12,13)14;1-7(2)9-5-4-8(3)10(11)6-9;1-8(2)10-6-4-9(3)5-7-10;1-8(2)10-6-4-5-9(3)7-10;1-8(2)9-6-4-3-5-7-9/h3-6H,1-2H3;4-7H,1-3H3;2*4-8H,1-3H3;3-8H,1-2H3. The van der Waals surface area contributed by atoms with Gasteiger partial charge in [0, 0.05) is 5.02 Å². The van der Waals surface area contributed by atoms with Crippen molar-refractivity contribution in [1.29, 1.82) is 0 Å². The zero-order valence-corrected chi connectivity index (χ0v) is 36.3. The molecule has 0 atom stereocenters. The minimum Gasteiger partial charge on any atom is -0.166 e. The van der Waals surface area contributed by atoms with Crippen molar-refractivity contribution >= 4 is 23.2 Å². The van der Waals surface area contributed by atoms with E-state index in [4.69, 9.17) is 23.2 Å². The highest BCUT2D eigenvalue weighted by atomic mass is 35.5. The molecule has 0 amide bonds. The molecule has 0 unspecified atom stereocenters. The average Bonchev–Trinajstić information content (AvgIpc) is 3.10. The molecule has 0 aliphatic rings. The Kier molecular flexibility index (Phi) is 21.6. The fourth-order valence-corrected chi connectivity index (χ4v) is 5.32. The van der Waals surface area contributed by atoms with Crippen molar-refractivity contribution in [3.05, 3.63) is 175 Å². The summed E-state index contributed by atoms with van der Waals surface area (Å²) in [5.41, 5.74) is 9.29. The number of hydrogen-bond acceptors (Lipinski definition) is 0. The first kappa shape index (κ1) is 48.5. The van der Waals surface area contributed by atoms with E-state index in [2.05, 4.69) is 154 Å². The van der Waals surface area contributed by atoms with Gasteiger partial charge in [-0.05, 0) is 102 Å². The Balaban J connectivity index is 0.000000340. The van der Waals surface area contributed by atoms with Gasteiger partial charge in [-0.1, -0.05) is 201 Å². The third kappa shape index (κ3) is 18.7. The summed E-state index contributed by atoms with van der Waals surface area (Å²) in [6.07, 6.45) is -4.37. The minimum absolute atomic E-state index is 0.0633. The summed E-state index contributed by atoms with van der Waals surface area (Å²) in [7, 11) is 0. The maximum Gasteiger partial charge on any atom is 0.417 e. The Labute approximate surface area is 336 Å². The van der Waals surface area contributed by atoms with Crippen LogP contribution in [0.1, 0.15) is 149 Å². The highest BCUT2D eigenvalue weighted by Gasteiger charge is 2.33. The summed E-state index contributed by atoms with van der Waals surface area (Å²) < 4.78 is 37.2. The van der Waals surface area contributed by atoms with Gasteiger partial charge in [-0.15, -0.1) is 0 Å². The second kappa shape index (κ2) is 24.1. The van der Waals surface area contributed by atoms with E-state index in [1.54, 1.807) is 6.07 Å². The Morgan fingerprint density at radius 2 is 0.796 bits per heavy atom. The molecule has 0 aliphatic heterocycles. The molecule has 5 rings (SSSR count). The number of benzene rings is 5. The Morgan fingerprint density at radius 3 is 1.20 bits per heavy atom. The topological polar surface area (TPSA) is 0 Å². The Morgan fingerprint density at radius 1 is 0.389 bits per heavy atom. The van der Waals surface area contributed by atoms with Gasteiger partial charge in [0.25, 0.3) is 0 Å². The molecule has 5 heteroatoms. The van der Waals surface area contributed by atoms with Gasteiger partial charge in [0.2, 0.25) is 0 Å². The van der Waals surface area contributed by atoms with Crippen LogP contribution >= 0.6 is 23.2 Å². The second-order valence-corrected chi connectivity index (χ2v) is 16.1. The van der Waals surface area contributed by atoms with Crippen molar-refractivity contribution in [3.63, 3.8) is 0 Å². The van der Waals surface area contributed by atoms with Crippen LogP contribution in [0, 0.1) is 20.8 Å². The maximum absolute atomic E-state index is 12.4. The third-order valence-electron chi connectivity index (χ3n) is 8.74. The minimum atomic E-state index is -4.37. The summed E-state index contributed by atoms with van der Waals surface area (Å²) in [5.74, 6) is 2.59. The lowest BCUT2D eigenvalue weighted by molar-refractivity contribution is -0.137. The quantitative estimate of drug-likeness (QED) is 0.167. The number of halogens is 5. The number of alkyl halides is 3. The lowest BCUT2D eigenvalue weighted by Crippen LogP contribution is -2.06. The largest absolute Gasteiger partial charge is 0.417 e. The summed E-state index contributed by atoms with van der Waals surface area (Å²) >= 11 is 11.4. The molecule has 294 valence electrons. The van der Waals surface area contributed by atoms with E-state index in [-0.39, 0.29) is 10.9 Å². The molecule has 0 nitrogen and oxygen atoms in total. The highest BCUT2D eigenvalue weighted by Crippen LogP contribution is 2.36. The zero-order valence-electron chi connectivity index (χ0n) is 34.7. The first-order valence-electron chi connectivity index (χ1n) is 18.9. The predicted octanol–water partition coefficient (Wildman–Crippen LogP) is 17.3. The van der Waals surface area contributed by atoms with E-state index in [0.29, 0.717) is 29.2 Å². The van der Waals surface area contributed by atoms with Crippen LogP contribution in [-0.2, 0) is 6.18 Å². The molecule has 0 aromatic heterocycles. The van der Waals surface area contributed by atoms with Gasteiger partial charge in [0.05, 0.1) is 10.6 Å². The maximum atomic E-state index is 12.4. The molecular formula is C49H63Cl2F3. The molecule has 0 heterocycles. The molecule has 0 spiro atoms. The molecule has 0 bridgehead atoms.